The van der Waals surface area contributed by atoms with Gasteiger partial charge in [-0.05, 0) is 48.9 Å². The summed E-state index contributed by atoms with van der Waals surface area (Å²) in [6.07, 6.45) is 4.31. The number of aromatic nitrogens is 2. The summed E-state index contributed by atoms with van der Waals surface area (Å²) in [4.78, 5) is 29.1. The van der Waals surface area contributed by atoms with Gasteiger partial charge in [-0.2, -0.15) is 5.10 Å². The summed E-state index contributed by atoms with van der Waals surface area (Å²) in [6.45, 7) is 2.74. The van der Waals surface area contributed by atoms with E-state index in [4.69, 9.17) is 16.7 Å². The second-order valence-corrected chi connectivity index (χ2v) is 9.11. The van der Waals surface area contributed by atoms with Crippen molar-refractivity contribution >= 4 is 29.1 Å². The van der Waals surface area contributed by atoms with E-state index in [1.165, 1.54) is 0 Å². The minimum absolute atomic E-state index is 0.0605. The van der Waals surface area contributed by atoms with Crippen LogP contribution in [0.15, 0.2) is 54.6 Å². The molecule has 0 fully saturated rings. The largest absolute Gasteiger partial charge is 0.345 e. The highest BCUT2D eigenvalue weighted by atomic mass is 35.5. The normalized spacial score (nSPS) is 15.5. The molecule has 2 aromatic carbocycles. The second kappa shape index (κ2) is 9.79. The smallest absolute Gasteiger partial charge is 0.276 e. The Labute approximate surface area is 199 Å². The Bertz CT molecular complexity index is 1140. The minimum atomic E-state index is -0.0823. The van der Waals surface area contributed by atoms with E-state index in [1.54, 1.807) is 31.1 Å². The van der Waals surface area contributed by atoms with Crippen LogP contribution in [-0.4, -0.2) is 47.1 Å². The van der Waals surface area contributed by atoms with Gasteiger partial charge in [-0.1, -0.05) is 49.9 Å². The molecule has 0 aliphatic carbocycles. The molecule has 1 aliphatic rings. The van der Waals surface area contributed by atoms with E-state index in [-0.39, 0.29) is 17.9 Å². The molecule has 1 aliphatic heterocycles. The standard InChI is InChI=1S/C26H29ClN4O2/c1-4-5-6-7-22-17-30(21-14-10-19(11-15-21)25(32)29(2)3)26(33)24-16-23(28-31(22)24)18-8-12-20(27)13-9-18/h8-16,22H,4-7,17H2,1-3H3. The zero-order valence-electron chi connectivity index (χ0n) is 19.3. The van der Waals surface area contributed by atoms with E-state index in [1.807, 2.05) is 52.0 Å². The monoisotopic (exact) mass is 464 g/mol. The third-order valence-corrected chi connectivity index (χ3v) is 6.30. The lowest BCUT2D eigenvalue weighted by atomic mass is 10.0. The zero-order valence-corrected chi connectivity index (χ0v) is 20.0. The number of hydrogen-bond acceptors (Lipinski definition) is 3. The van der Waals surface area contributed by atoms with Gasteiger partial charge >= 0.3 is 0 Å². The Balaban J connectivity index is 1.67. The summed E-state index contributed by atoms with van der Waals surface area (Å²) in [5.41, 5.74) is 3.67. The SMILES string of the molecule is CCCCCC1CN(c2ccc(C(=O)N(C)C)cc2)C(=O)c2cc(-c3ccc(Cl)cc3)nn21. The Morgan fingerprint density at radius 2 is 1.79 bits per heavy atom. The van der Waals surface area contributed by atoms with Crippen LogP contribution in [0, 0.1) is 0 Å². The molecule has 172 valence electrons. The van der Waals surface area contributed by atoms with Gasteiger partial charge < -0.3 is 9.80 Å². The van der Waals surface area contributed by atoms with Crippen LogP contribution in [-0.2, 0) is 0 Å². The van der Waals surface area contributed by atoms with Crippen molar-refractivity contribution in [2.45, 2.75) is 38.6 Å². The Morgan fingerprint density at radius 3 is 2.42 bits per heavy atom. The van der Waals surface area contributed by atoms with Gasteiger partial charge in [0.2, 0.25) is 0 Å². The first kappa shape index (κ1) is 23.1. The van der Waals surface area contributed by atoms with Gasteiger partial charge in [0.25, 0.3) is 11.8 Å². The first-order chi connectivity index (χ1) is 15.9. The number of fused-ring (bicyclic) bond motifs is 1. The number of rotatable bonds is 7. The van der Waals surface area contributed by atoms with Crippen LogP contribution in [0.4, 0.5) is 5.69 Å². The Kier molecular flexibility index (Phi) is 6.84. The van der Waals surface area contributed by atoms with E-state index in [9.17, 15) is 9.59 Å². The van der Waals surface area contributed by atoms with Crippen molar-refractivity contribution in [2.24, 2.45) is 0 Å². The van der Waals surface area contributed by atoms with Gasteiger partial charge in [0, 0.05) is 42.5 Å². The molecule has 1 aromatic heterocycles. The minimum Gasteiger partial charge on any atom is -0.345 e. The highest BCUT2D eigenvalue weighted by Gasteiger charge is 2.33. The van der Waals surface area contributed by atoms with Crippen LogP contribution < -0.4 is 4.90 Å². The molecular formula is C26H29ClN4O2. The van der Waals surface area contributed by atoms with Crippen molar-refractivity contribution in [1.29, 1.82) is 0 Å². The van der Waals surface area contributed by atoms with Gasteiger partial charge in [0.1, 0.15) is 5.69 Å². The van der Waals surface area contributed by atoms with Crippen LogP contribution in [0.1, 0.15) is 59.5 Å². The summed E-state index contributed by atoms with van der Waals surface area (Å²) >= 11 is 6.04. The molecule has 0 bridgehead atoms. The van der Waals surface area contributed by atoms with E-state index in [0.29, 0.717) is 22.8 Å². The number of nitrogens with zero attached hydrogens (tertiary/aromatic N) is 4. The zero-order chi connectivity index (χ0) is 23.5. The predicted octanol–water partition coefficient (Wildman–Crippen LogP) is 5.69. The number of hydrogen-bond donors (Lipinski definition) is 0. The fourth-order valence-electron chi connectivity index (χ4n) is 4.21. The van der Waals surface area contributed by atoms with E-state index in [2.05, 4.69) is 6.92 Å². The molecule has 0 saturated heterocycles. The van der Waals surface area contributed by atoms with Crippen LogP contribution >= 0.6 is 11.6 Å². The average molecular weight is 465 g/mol. The van der Waals surface area contributed by atoms with Crippen LogP contribution in [0.5, 0.6) is 0 Å². The maximum Gasteiger partial charge on any atom is 0.276 e. The topological polar surface area (TPSA) is 58.4 Å². The van der Waals surface area contributed by atoms with Crippen LogP contribution in [0.25, 0.3) is 11.3 Å². The van der Waals surface area contributed by atoms with Gasteiger partial charge in [-0.25, -0.2) is 0 Å². The molecule has 0 saturated carbocycles. The number of unbranched alkanes of at least 4 members (excludes halogenated alkanes) is 2. The number of halogens is 1. The molecule has 1 unspecified atom stereocenters. The molecule has 1 atom stereocenters. The molecule has 2 heterocycles. The summed E-state index contributed by atoms with van der Waals surface area (Å²) < 4.78 is 1.91. The summed E-state index contributed by atoms with van der Waals surface area (Å²) in [6, 6.07) is 16.7. The third kappa shape index (κ3) is 4.81. The molecule has 7 heteroatoms. The third-order valence-electron chi connectivity index (χ3n) is 6.05. The molecule has 33 heavy (non-hydrogen) atoms. The molecule has 4 rings (SSSR count). The first-order valence-electron chi connectivity index (χ1n) is 11.4. The highest BCUT2D eigenvalue weighted by Crippen LogP contribution is 2.32. The maximum absolute atomic E-state index is 13.5. The summed E-state index contributed by atoms with van der Waals surface area (Å²) in [5, 5.41) is 5.49. The number of carbonyl (C=O) groups excluding carboxylic acids is 2. The fraction of sp³-hybridized carbons (Fsp3) is 0.346. The highest BCUT2D eigenvalue weighted by molar-refractivity contribution is 6.30. The first-order valence-corrected chi connectivity index (χ1v) is 11.8. The van der Waals surface area contributed by atoms with Crippen molar-refractivity contribution < 1.29 is 9.59 Å². The van der Waals surface area contributed by atoms with Crippen LogP contribution in [0.2, 0.25) is 5.02 Å². The molecule has 3 aromatic rings. The van der Waals surface area contributed by atoms with E-state index in [0.717, 1.165) is 42.6 Å². The lowest BCUT2D eigenvalue weighted by Crippen LogP contribution is -2.43. The quantitative estimate of drug-likeness (QED) is 0.422. The van der Waals surface area contributed by atoms with Gasteiger partial charge in [0.05, 0.1) is 11.7 Å². The van der Waals surface area contributed by atoms with Crippen molar-refractivity contribution in [1.82, 2.24) is 14.7 Å². The Morgan fingerprint density at radius 1 is 1.09 bits per heavy atom. The van der Waals surface area contributed by atoms with Crippen molar-refractivity contribution in [2.75, 3.05) is 25.5 Å². The molecule has 0 spiro atoms. The van der Waals surface area contributed by atoms with Crippen molar-refractivity contribution in [3.8, 4) is 11.3 Å². The lowest BCUT2D eigenvalue weighted by molar-refractivity contribution is 0.0827. The van der Waals surface area contributed by atoms with Gasteiger partial charge in [-0.15, -0.1) is 0 Å². The molecule has 2 amide bonds. The Hall–Kier alpha value is -3.12. The van der Waals surface area contributed by atoms with Crippen molar-refractivity contribution in [3.63, 3.8) is 0 Å². The maximum atomic E-state index is 13.5. The second-order valence-electron chi connectivity index (χ2n) is 8.68. The molecule has 6 nitrogen and oxygen atoms in total. The predicted molar refractivity (Wildman–Crippen MR) is 132 cm³/mol. The van der Waals surface area contributed by atoms with Gasteiger partial charge in [-0.3, -0.25) is 14.3 Å². The number of anilines is 1. The summed E-state index contributed by atoms with van der Waals surface area (Å²) in [5.74, 6) is -0.143. The average Bonchev–Trinajstić information content (AvgIpc) is 3.27. The van der Waals surface area contributed by atoms with Crippen LogP contribution in [0.3, 0.4) is 0 Å². The van der Waals surface area contributed by atoms with E-state index < -0.39 is 0 Å². The molecular weight excluding hydrogens is 436 g/mol. The molecule has 0 N–H and O–H groups in total. The number of amides is 2. The summed E-state index contributed by atoms with van der Waals surface area (Å²) in [7, 11) is 3.45. The lowest BCUT2D eigenvalue weighted by Gasteiger charge is -2.33. The number of benzene rings is 2. The van der Waals surface area contributed by atoms with Gasteiger partial charge in [0.15, 0.2) is 0 Å². The number of carbonyl (C=O) groups is 2. The van der Waals surface area contributed by atoms with Crippen molar-refractivity contribution in [3.05, 3.63) is 70.9 Å². The fourth-order valence-corrected chi connectivity index (χ4v) is 4.34. The van der Waals surface area contributed by atoms with E-state index >= 15 is 0 Å². The molecule has 0 radical (unpaired) electrons.